The van der Waals surface area contributed by atoms with E-state index in [2.05, 4.69) is 10.3 Å². The normalized spacial score (nSPS) is 17.1. The SMILES string of the molecule is CCOc1cc(C)ccc1NC(=O)N1CCC[C@@H]1Cn1ccnc1. The molecule has 0 radical (unpaired) electrons. The van der Waals surface area contributed by atoms with Gasteiger partial charge in [-0.05, 0) is 44.4 Å². The fraction of sp³-hybridized carbons (Fsp3) is 0.444. The highest BCUT2D eigenvalue weighted by molar-refractivity contribution is 5.91. The summed E-state index contributed by atoms with van der Waals surface area (Å²) in [6, 6.07) is 5.96. The maximum Gasteiger partial charge on any atom is 0.322 e. The first kappa shape index (κ1) is 16.4. The Balaban J connectivity index is 1.70. The fourth-order valence-electron chi connectivity index (χ4n) is 3.13. The van der Waals surface area contributed by atoms with Gasteiger partial charge in [0.2, 0.25) is 0 Å². The van der Waals surface area contributed by atoms with E-state index in [1.54, 1.807) is 12.5 Å². The number of hydrogen-bond donors (Lipinski definition) is 1. The predicted molar refractivity (Wildman–Crippen MR) is 93.3 cm³/mol. The van der Waals surface area contributed by atoms with Gasteiger partial charge in [-0.2, -0.15) is 0 Å². The molecule has 2 heterocycles. The predicted octanol–water partition coefficient (Wildman–Crippen LogP) is 3.29. The lowest BCUT2D eigenvalue weighted by Crippen LogP contribution is -2.40. The molecule has 2 amide bonds. The quantitative estimate of drug-likeness (QED) is 0.916. The molecule has 0 bridgehead atoms. The molecule has 1 aromatic carbocycles. The van der Waals surface area contributed by atoms with Crippen molar-refractivity contribution >= 4 is 11.7 Å². The second kappa shape index (κ2) is 7.38. The standard InChI is InChI=1S/C18H24N4O2/c1-3-24-17-11-14(2)6-7-16(17)20-18(23)22-9-4-5-15(22)12-21-10-8-19-13-21/h6-8,10-11,13,15H,3-5,9,12H2,1-2H3,(H,20,23)/t15-/m1/s1. The number of nitrogens with one attached hydrogen (secondary N) is 1. The van der Waals surface area contributed by atoms with E-state index in [-0.39, 0.29) is 12.1 Å². The zero-order chi connectivity index (χ0) is 16.9. The van der Waals surface area contributed by atoms with E-state index >= 15 is 0 Å². The van der Waals surface area contributed by atoms with Crippen molar-refractivity contribution in [3.63, 3.8) is 0 Å². The number of nitrogens with zero attached hydrogens (tertiary/aromatic N) is 3. The molecule has 6 heteroatoms. The number of carbonyl (C=O) groups is 1. The smallest absolute Gasteiger partial charge is 0.322 e. The molecule has 3 rings (SSSR count). The van der Waals surface area contributed by atoms with Gasteiger partial charge in [0.25, 0.3) is 0 Å². The van der Waals surface area contributed by atoms with E-state index in [1.165, 1.54) is 0 Å². The first-order valence-electron chi connectivity index (χ1n) is 8.44. The van der Waals surface area contributed by atoms with Crippen LogP contribution in [0.5, 0.6) is 5.75 Å². The minimum absolute atomic E-state index is 0.0672. The molecule has 6 nitrogen and oxygen atoms in total. The van der Waals surface area contributed by atoms with Gasteiger partial charge in [0.05, 0.1) is 24.7 Å². The molecule has 128 valence electrons. The number of aryl methyl sites for hydroxylation is 1. The summed E-state index contributed by atoms with van der Waals surface area (Å²) in [4.78, 5) is 18.7. The van der Waals surface area contributed by atoms with Crippen LogP contribution >= 0.6 is 0 Å². The third-order valence-corrected chi connectivity index (χ3v) is 4.30. The molecule has 0 aliphatic carbocycles. The first-order valence-corrected chi connectivity index (χ1v) is 8.44. The average Bonchev–Trinajstić information content (AvgIpc) is 3.22. The van der Waals surface area contributed by atoms with Crippen molar-refractivity contribution in [2.45, 2.75) is 39.3 Å². The van der Waals surface area contributed by atoms with Gasteiger partial charge in [-0.1, -0.05) is 6.07 Å². The lowest BCUT2D eigenvalue weighted by Gasteiger charge is -2.25. The van der Waals surface area contributed by atoms with E-state index in [0.717, 1.165) is 42.9 Å². The molecule has 0 spiro atoms. The van der Waals surface area contributed by atoms with E-state index in [9.17, 15) is 4.79 Å². The second-order valence-corrected chi connectivity index (χ2v) is 6.11. The van der Waals surface area contributed by atoms with Crippen molar-refractivity contribution in [3.8, 4) is 5.75 Å². The lowest BCUT2D eigenvalue weighted by atomic mass is 10.2. The van der Waals surface area contributed by atoms with Crippen LogP contribution in [0.4, 0.5) is 10.5 Å². The number of ether oxygens (including phenoxy) is 1. The number of likely N-dealkylation sites (tertiary alicyclic amines) is 1. The van der Waals surface area contributed by atoms with Gasteiger partial charge in [0.1, 0.15) is 5.75 Å². The maximum absolute atomic E-state index is 12.7. The number of aromatic nitrogens is 2. The van der Waals surface area contributed by atoms with Crippen LogP contribution in [-0.4, -0.2) is 39.7 Å². The van der Waals surface area contributed by atoms with Crippen LogP contribution < -0.4 is 10.1 Å². The van der Waals surface area contributed by atoms with Crippen molar-refractivity contribution in [1.29, 1.82) is 0 Å². The van der Waals surface area contributed by atoms with E-state index < -0.39 is 0 Å². The highest BCUT2D eigenvalue weighted by Crippen LogP contribution is 2.27. The van der Waals surface area contributed by atoms with Gasteiger partial charge in [0.15, 0.2) is 0 Å². The summed E-state index contributed by atoms with van der Waals surface area (Å²) in [5.41, 5.74) is 1.83. The van der Waals surface area contributed by atoms with Crippen LogP contribution in [0.25, 0.3) is 0 Å². The van der Waals surface area contributed by atoms with Crippen molar-refractivity contribution in [3.05, 3.63) is 42.5 Å². The van der Waals surface area contributed by atoms with E-state index in [1.807, 2.05) is 47.7 Å². The lowest BCUT2D eigenvalue weighted by molar-refractivity contribution is 0.201. The van der Waals surface area contributed by atoms with Crippen molar-refractivity contribution in [2.24, 2.45) is 0 Å². The van der Waals surface area contributed by atoms with Crippen molar-refractivity contribution in [1.82, 2.24) is 14.5 Å². The number of rotatable bonds is 5. The summed E-state index contributed by atoms with van der Waals surface area (Å²) in [6.07, 6.45) is 7.53. The Kier molecular flexibility index (Phi) is 5.03. The number of amides is 2. The van der Waals surface area contributed by atoms with Crippen LogP contribution in [0.15, 0.2) is 36.9 Å². The number of imidazole rings is 1. The monoisotopic (exact) mass is 328 g/mol. The molecule has 1 aliphatic heterocycles. The van der Waals surface area contributed by atoms with Crippen LogP contribution in [0.3, 0.4) is 0 Å². The number of hydrogen-bond acceptors (Lipinski definition) is 3. The number of benzene rings is 1. The molecule has 24 heavy (non-hydrogen) atoms. The van der Waals surface area contributed by atoms with Crippen LogP contribution in [-0.2, 0) is 6.54 Å². The molecule has 0 unspecified atom stereocenters. The molecule has 1 aromatic heterocycles. The summed E-state index contributed by atoms with van der Waals surface area (Å²) in [5.74, 6) is 0.719. The van der Waals surface area contributed by atoms with E-state index in [0.29, 0.717) is 6.61 Å². The molecular formula is C18H24N4O2. The maximum atomic E-state index is 12.7. The summed E-state index contributed by atoms with van der Waals surface area (Å²) in [5, 5.41) is 3.01. The molecule has 1 aliphatic rings. The zero-order valence-corrected chi connectivity index (χ0v) is 14.2. The Labute approximate surface area is 142 Å². The Morgan fingerprint density at radius 1 is 1.46 bits per heavy atom. The zero-order valence-electron chi connectivity index (χ0n) is 14.2. The Morgan fingerprint density at radius 3 is 3.08 bits per heavy atom. The van der Waals surface area contributed by atoms with Crippen LogP contribution in [0.1, 0.15) is 25.3 Å². The summed E-state index contributed by atoms with van der Waals surface area (Å²) in [7, 11) is 0. The molecule has 1 saturated heterocycles. The highest BCUT2D eigenvalue weighted by Gasteiger charge is 2.29. The van der Waals surface area contributed by atoms with Gasteiger partial charge >= 0.3 is 6.03 Å². The minimum Gasteiger partial charge on any atom is -0.492 e. The van der Waals surface area contributed by atoms with E-state index in [4.69, 9.17) is 4.74 Å². The fourth-order valence-corrected chi connectivity index (χ4v) is 3.13. The second-order valence-electron chi connectivity index (χ2n) is 6.11. The summed E-state index contributed by atoms with van der Waals surface area (Å²) in [6.45, 7) is 6.07. The number of anilines is 1. The number of urea groups is 1. The van der Waals surface area contributed by atoms with Crippen LogP contribution in [0, 0.1) is 6.92 Å². The molecule has 1 N–H and O–H groups in total. The molecule has 2 aromatic rings. The number of carbonyl (C=O) groups excluding carboxylic acids is 1. The van der Waals surface area contributed by atoms with Crippen LogP contribution in [0.2, 0.25) is 0 Å². The van der Waals surface area contributed by atoms with Crippen molar-refractivity contribution in [2.75, 3.05) is 18.5 Å². The molecule has 1 atom stereocenters. The minimum atomic E-state index is -0.0672. The Hall–Kier alpha value is -2.50. The highest BCUT2D eigenvalue weighted by atomic mass is 16.5. The van der Waals surface area contributed by atoms with Gasteiger partial charge in [-0.15, -0.1) is 0 Å². The summed E-state index contributed by atoms with van der Waals surface area (Å²) < 4.78 is 7.67. The molecule has 1 fully saturated rings. The Bertz CT molecular complexity index is 684. The topological polar surface area (TPSA) is 59.4 Å². The van der Waals surface area contributed by atoms with Gasteiger partial charge in [-0.25, -0.2) is 9.78 Å². The Morgan fingerprint density at radius 2 is 2.33 bits per heavy atom. The van der Waals surface area contributed by atoms with Gasteiger partial charge < -0.3 is 19.5 Å². The molecular weight excluding hydrogens is 304 g/mol. The molecule has 0 saturated carbocycles. The summed E-state index contributed by atoms with van der Waals surface area (Å²) >= 11 is 0. The van der Waals surface area contributed by atoms with Gasteiger partial charge in [0, 0.05) is 25.5 Å². The van der Waals surface area contributed by atoms with Crippen molar-refractivity contribution < 1.29 is 9.53 Å². The first-order chi connectivity index (χ1) is 11.7. The van der Waals surface area contributed by atoms with Gasteiger partial charge in [-0.3, -0.25) is 0 Å². The third kappa shape index (κ3) is 3.69. The average molecular weight is 328 g/mol. The third-order valence-electron chi connectivity index (χ3n) is 4.30. The largest absolute Gasteiger partial charge is 0.492 e.